The van der Waals surface area contributed by atoms with Crippen molar-refractivity contribution in [2.24, 2.45) is 0 Å². The van der Waals surface area contributed by atoms with E-state index in [1.165, 1.54) is 18.4 Å². The minimum atomic E-state index is 0.708. The van der Waals surface area contributed by atoms with Crippen molar-refractivity contribution in [1.29, 1.82) is 0 Å². The molecule has 0 radical (unpaired) electrons. The molecule has 2 heterocycles. The van der Waals surface area contributed by atoms with E-state index in [0.717, 1.165) is 41.4 Å². The molecule has 2 aromatic carbocycles. The van der Waals surface area contributed by atoms with Crippen molar-refractivity contribution in [2.45, 2.75) is 23.8 Å². The molecule has 0 N–H and O–H groups in total. The number of methoxy groups -OCH3 is 1. The summed E-state index contributed by atoms with van der Waals surface area (Å²) < 4.78 is 7.35. The number of hydrogen-bond donors (Lipinski definition) is 0. The number of rotatable bonds is 6. The van der Waals surface area contributed by atoms with E-state index in [0.29, 0.717) is 5.02 Å². The van der Waals surface area contributed by atoms with Gasteiger partial charge in [-0.3, -0.25) is 4.57 Å². The fourth-order valence-electron chi connectivity index (χ4n) is 3.19. The Kier molecular flexibility index (Phi) is 5.55. The number of thioether (sulfide) groups is 1. The third-order valence-corrected chi connectivity index (χ3v) is 5.83. The maximum Gasteiger partial charge on any atom is 0.232 e. The average Bonchev–Trinajstić information content (AvgIpc) is 3.36. The molecule has 1 fully saturated rings. The second-order valence-electron chi connectivity index (χ2n) is 6.43. The van der Waals surface area contributed by atoms with Gasteiger partial charge in [-0.1, -0.05) is 41.6 Å². The summed E-state index contributed by atoms with van der Waals surface area (Å²) in [5.41, 5.74) is 2.20. The summed E-state index contributed by atoms with van der Waals surface area (Å²) in [5, 5.41) is 10.6. The first-order chi connectivity index (χ1) is 13.2. The third-order valence-electron chi connectivity index (χ3n) is 4.60. The summed E-state index contributed by atoms with van der Waals surface area (Å²) in [6.45, 7) is 2.03. The van der Waals surface area contributed by atoms with Gasteiger partial charge in [0.05, 0.1) is 12.8 Å². The van der Waals surface area contributed by atoms with Gasteiger partial charge in [-0.25, -0.2) is 0 Å². The first-order valence-electron chi connectivity index (χ1n) is 8.96. The number of ether oxygens (including phenoxy) is 1. The Labute approximate surface area is 168 Å². The lowest BCUT2D eigenvalue weighted by molar-refractivity contribution is 0.414. The molecular weight excluding hydrogens is 380 g/mol. The van der Waals surface area contributed by atoms with Crippen LogP contribution in [0.5, 0.6) is 5.75 Å². The van der Waals surface area contributed by atoms with Crippen molar-refractivity contribution in [2.75, 3.05) is 25.1 Å². The molecule has 0 saturated carbocycles. The van der Waals surface area contributed by atoms with Crippen LogP contribution in [0, 0.1) is 0 Å². The first kappa shape index (κ1) is 18.2. The molecule has 1 saturated heterocycles. The van der Waals surface area contributed by atoms with Crippen LogP contribution < -0.4 is 9.64 Å². The summed E-state index contributed by atoms with van der Waals surface area (Å²) in [6, 6.07) is 16.0. The zero-order chi connectivity index (χ0) is 18.6. The van der Waals surface area contributed by atoms with Gasteiger partial charge in [0, 0.05) is 23.9 Å². The molecule has 0 unspecified atom stereocenters. The van der Waals surface area contributed by atoms with Gasteiger partial charge in [-0.2, -0.15) is 0 Å². The van der Waals surface area contributed by atoms with E-state index in [1.807, 2.05) is 36.4 Å². The van der Waals surface area contributed by atoms with Crippen molar-refractivity contribution < 1.29 is 4.74 Å². The lowest BCUT2D eigenvalue weighted by Crippen LogP contribution is -2.22. The number of anilines is 1. The lowest BCUT2D eigenvalue weighted by Gasteiger charge is -2.18. The van der Waals surface area contributed by atoms with Crippen molar-refractivity contribution in [3.8, 4) is 11.4 Å². The quantitative estimate of drug-likeness (QED) is 0.555. The summed E-state index contributed by atoms with van der Waals surface area (Å²) in [6.07, 6.45) is 2.38. The van der Waals surface area contributed by atoms with Crippen LogP contribution in [0.3, 0.4) is 0 Å². The van der Waals surface area contributed by atoms with Gasteiger partial charge in [-0.05, 0) is 48.7 Å². The molecule has 1 aliphatic heterocycles. The van der Waals surface area contributed by atoms with Gasteiger partial charge in [0.25, 0.3) is 0 Å². The van der Waals surface area contributed by atoms with E-state index in [9.17, 15) is 0 Å². The first-order valence-corrected chi connectivity index (χ1v) is 10.3. The fourth-order valence-corrected chi connectivity index (χ4v) is 4.28. The monoisotopic (exact) mass is 400 g/mol. The van der Waals surface area contributed by atoms with Gasteiger partial charge in [0.2, 0.25) is 5.95 Å². The maximum absolute atomic E-state index is 6.24. The predicted molar refractivity (Wildman–Crippen MR) is 110 cm³/mol. The molecule has 1 aromatic heterocycles. The molecule has 3 aromatic rings. The molecule has 0 bridgehead atoms. The lowest BCUT2D eigenvalue weighted by atomic mass is 10.2. The van der Waals surface area contributed by atoms with Gasteiger partial charge in [0.15, 0.2) is 5.16 Å². The highest BCUT2D eigenvalue weighted by Crippen LogP contribution is 2.31. The van der Waals surface area contributed by atoms with Crippen molar-refractivity contribution in [3.63, 3.8) is 0 Å². The van der Waals surface area contributed by atoms with E-state index < -0.39 is 0 Å². The minimum absolute atomic E-state index is 0.708. The number of benzene rings is 2. The van der Waals surface area contributed by atoms with Crippen LogP contribution in [-0.2, 0) is 5.75 Å². The van der Waals surface area contributed by atoms with Gasteiger partial charge < -0.3 is 9.64 Å². The van der Waals surface area contributed by atoms with Crippen LogP contribution in [-0.4, -0.2) is 35.0 Å². The van der Waals surface area contributed by atoms with E-state index in [4.69, 9.17) is 16.3 Å². The van der Waals surface area contributed by atoms with Crippen molar-refractivity contribution >= 4 is 29.3 Å². The second kappa shape index (κ2) is 8.23. The largest absolute Gasteiger partial charge is 0.497 e. The van der Waals surface area contributed by atoms with Crippen LogP contribution in [0.15, 0.2) is 53.7 Å². The molecule has 4 rings (SSSR count). The van der Waals surface area contributed by atoms with Gasteiger partial charge >= 0.3 is 0 Å². The van der Waals surface area contributed by atoms with Crippen LogP contribution in [0.1, 0.15) is 18.4 Å². The van der Waals surface area contributed by atoms with E-state index in [1.54, 1.807) is 18.9 Å². The predicted octanol–water partition coefficient (Wildman–Crippen LogP) is 4.82. The number of halogens is 1. The van der Waals surface area contributed by atoms with Gasteiger partial charge in [0.1, 0.15) is 5.75 Å². The highest BCUT2D eigenvalue weighted by molar-refractivity contribution is 7.98. The Morgan fingerprint density at radius 3 is 2.56 bits per heavy atom. The average molecular weight is 401 g/mol. The van der Waals surface area contributed by atoms with E-state index >= 15 is 0 Å². The number of nitrogens with zero attached hydrogens (tertiary/aromatic N) is 4. The molecule has 5 nitrogen and oxygen atoms in total. The van der Waals surface area contributed by atoms with Crippen molar-refractivity contribution in [3.05, 3.63) is 59.1 Å². The highest BCUT2D eigenvalue weighted by Gasteiger charge is 2.22. The Balaban J connectivity index is 1.63. The Morgan fingerprint density at radius 1 is 1.07 bits per heavy atom. The maximum atomic E-state index is 6.24. The fraction of sp³-hybridized carbons (Fsp3) is 0.300. The minimum Gasteiger partial charge on any atom is -0.497 e. The number of hydrogen-bond acceptors (Lipinski definition) is 5. The molecule has 1 aliphatic rings. The second-order valence-corrected chi connectivity index (χ2v) is 7.81. The van der Waals surface area contributed by atoms with Crippen LogP contribution >= 0.6 is 23.4 Å². The molecule has 0 aliphatic carbocycles. The van der Waals surface area contributed by atoms with E-state index in [-0.39, 0.29) is 0 Å². The zero-order valence-corrected chi connectivity index (χ0v) is 16.7. The Bertz CT molecular complexity index is 907. The molecule has 0 spiro atoms. The van der Waals surface area contributed by atoms with Crippen molar-refractivity contribution in [1.82, 2.24) is 14.8 Å². The number of aromatic nitrogens is 3. The molecule has 140 valence electrons. The van der Waals surface area contributed by atoms with Crippen LogP contribution in [0.25, 0.3) is 5.69 Å². The normalized spacial score (nSPS) is 13.9. The van der Waals surface area contributed by atoms with Crippen LogP contribution in [0.4, 0.5) is 5.95 Å². The SMILES string of the molecule is COc1ccc(CSc2nnc(N3CCCC3)n2-c2cccc(Cl)c2)cc1. The zero-order valence-electron chi connectivity index (χ0n) is 15.1. The molecule has 0 amide bonds. The topological polar surface area (TPSA) is 43.2 Å². The summed E-state index contributed by atoms with van der Waals surface area (Å²) in [4.78, 5) is 2.30. The highest BCUT2D eigenvalue weighted by atomic mass is 35.5. The summed E-state index contributed by atoms with van der Waals surface area (Å²) in [7, 11) is 1.68. The standard InChI is InChI=1S/C20H21ClN4OS/c1-26-18-9-7-15(8-10-18)14-27-20-23-22-19(24-11-2-3-12-24)25(20)17-6-4-5-16(21)13-17/h4-10,13H,2-3,11-12,14H2,1H3. The molecular formula is C20H21ClN4OS. The Hall–Kier alpha value is -2.18. The van der Waals surface area contributed by atoms with Gasteiger partial charge in [-0.15, -0.1) is 10.2 Å². The van der Waals surface area contributed by atoms with E-state index in [2.05, 4.69) is 31.8 Å². The Morgan fingerprint density at radius 2 is 1.85 bits per heavy atom. The molecule has 27 heavy (non-hydrogen) atoms. The summed E-state index contributed by atoms with van der Waals surface area (Å²) >= 11 is 7.91. The smallest absolute Gasteiger partial charge is 0.232 e. The third kappa shape index (κ3) is 4.06. The van der Waals surface area contributed by atoms with Crippen LogP contribution in [0.2, 0.25) is 5.02 Å². The molecule has 0 atom stereocenters. The summed E-state index contributed by atoms with van der Waals surface area (Å²) in [5.74, 6) is 2.57. The molecule has 7 heteroatoms.